The first-order valence-corrected chi connectivity index (χ1v) is 8.55. The number of terminal acetylenes is 1. The number of methoxy groups -OCH3 is 1. The van der Waals surface area contributed by atoms with E-state index < -0.39 is 12.2 Å². The topological polar surface area (TPSA) is 77.1 Å². The summed E-state index contributed by atoms with van der Waals surface area (Å²) >= 11 is 0. The van der Waals surface area contributed by atoms with Crippen LogP contribution in [-0.4, -0.2) is 39.1 Å². The van der Waals surface area contributed by atoms with E-state index in [0.29, 0.717) is 24.5 Å². The molecule has 2 aromatic rings. The van der Waals surface area contributed by atoms with Gasteiger partial charge < -0.3 is 14.2 Å². The molecule has 1 N–H and O–H groups in total. The molecule has 2 rings (SSSR count). The van der Waals surface area contributed by atoms with Gasteiger partial charge in [-0.3, -0.25) is 10.2 Å². The molecule has 0 aliphatic carbocycles. The molecule has 2 aromatic carbocycles. The molecular weight excluding hydrogens is 360 g/mol. The minimum Gasteiger partial charge on any atom is -0.436 e. The predicted octanol–water partition coefficient (Wildman–Crippen LogP) is 3.83. The van der Waals surface area contributed by atoms with Crippen molar-refractivity contribution >= 4 is 23.6 Å². The Labute approximate surface area is 164 Å². The van der Waals surface area contributed by atoms with Crippen LogP contribution in [0.2, 0.25) is 0 Å². The first-order valence-electron chi connectivity index (χ1n) is 8.55. The van der Waals surface area contributed by atoms with E-state index in [9.17, 15) is 9.59 Å². The Kier molecular flexibility index (Phi) is 7.88. The molecule has 28 heavy (non-hydrogen) atoms. The molecular formula is C21H22N2O5. The van der Waals surface area contributed by atoms with E-state index in [0.717, 1.165) is 5.56 Å². The van der Waals surface area contributed by atoms with Gasteiger partial charge in [0, 0.05) is 24.6 Å². The number of ether oxygens (including phenoxy) is 3. The number of benzene rings is 2. The summed E-state index contributed by atoms with van der Waals surface area (Å²) in [6.45, 7) is 2.49. The summed E-state index contributed by atoms with van der Waals surface area (Å²) in [6, 6.07) is 13.9. The molecule has 0 heterocycles. The Morgan fingerprint density at radius 3 is 2.68 bits per heavy atom. The van der Waals surface area contributed by atoms with Gasteiger partial charge >= 0.3 is 12.2 Å². The van der Waals surface area contributed by atoms with Crippen molar-refractivity contribution in [2.45, 2.75) is 6.92 Å². The largest absolute Gasteiger partial charge is 0.436 e. The fourth-order valence-electron chi connectivity index (χ4n) is 2.36. The van der Waals surface area contributed by atoms with E-state index in [1.54, 1.807) is 25.3 Å². The zero-order chi connectivity index (χ0) is 20.4. The SMILES string of the molecule is C#CCOC(=O)Nc1cccc(OC(=O)N(CCOC)c2cccc(C)c2)c1. The first kappa shape index (κ1) is 20.8. The number of carbonyl (C=O) groups is 2. The summed E-state index contributed by atoms with van der Waals surface area (Å²) in [4.78, 5) is 25.8. The van der Waals surface area contributed by atoms with E-state index in [1.807, 2.05) is 31.2 Å². The molecule has 0 radical (unpaired) electrons. The zero-order valence-corrected chi connectivity index (χ0v) is 15.8. The van der Waals surface area contributed by atoms with Crippen molar-refractivity contribution < 1.29 is 23.8 Å². The van der Waals surface area contributed by atoms with Gasteiger partial charge in [0.1, 0.15) is 5.75 Å². The van der Waals surface area contributed by atoms with Gasteiger partial charge in [-0.15, -0.1) is 6.42 Å². The maximum Gasteiger partial charge on any atom is 0.419 e. The highest BCUT2D eigenvalue weighted by Gasteiger charge is 2.18. The highest BCUT2D eigenvalue weighted by molar-refractivity contribution is 5.90. The highest BCUT2D eigenvalue weighted by Crippen LogP contribution is 2.21. The van der Waals surface area contributed by atoms with Crippen LogP contribution in [0, 0.1) is 19.3 Å². The average Bonchev–Trinajstić information content (AvgIpc) is 2.67. The molecule has 7 nitrogen and oxygen atoms in total. The van der Waals surface area contributed by atoms with E-state index in [4.69, 9.17) is 20.6 Å². The third-order valence-electron chi connectivity index (χ3n) is 3.62. The maximum absolute atomic E-state index is 12.7. The predicted molar refractivity (Wildman–Crippen MR) is 107 cm³/mol. The lowest BCUT2D eigenvalue weighted by molar-refractivity contribution is 0.176. The van der Waals surface area contributed by atoms with Gasteiger partial charge in [0.15, 0.2) is 6.61 Å². The lowest BCUT2D eigenvalue weighted by Crippen LogP contribution is -2.36. The van der Waals surface area contributed by atoms with Crippen molar-refractivity contribution in [3.63, 3.8) is 0 Å². The summed E-state index contributed by atoms with van der Waals surface area (Å²) in [6.07, 6.45) is 3.79. The van der Waals surface area contributed by atoms with Gasteiger partial charge in [0.2, 0.25) is 0 Å². The summed E-state index contributed by atoms with van der Waals surface area (Å²) in [5.41, 5.74) is 2.13. The van der Waals surface area contributed by atoms with Gasteiger partial charge in [-0.2, -0.15) is 0 Å². The van der Waals surface area contributed by atoms with Crippen LogP contribution in [0.1, 0.15) is 5.56 Å². The van der Waals surface area contributed by atoms with Gasteiger partial charge in [-0.25, -0.2) is 9.59 Å². The van der Waals surface area contributed by atoms with Crippen LogP contribution in [0.25, 0.3) is 0 Å². The Balaban J connectivity index is 2.11. The summed E-state index contributed by atoms with van der Waals surface area (Å²) in [7, 11) is 1.56. The van der Waals surface area contributed by atoms with Crippen LogP contribution in [0.3, 0.4) is 0 Å². The molecule has 0 bridgehead atoms. The van der Waals surface area contributed by atoms with Crippen LogP contribution in [0.5, 0.6) is 5.75 Å². The van der Waals surface area contributed by atoms with Crippen LogP contribution >= 0.6 is 0 Å². The summed E-state index contributed by atoms with van der Waals surface area (Å²) in [5, 5.41) is 2.51. The fraction of sp³-hybridized carbons (Fsp3) is 0.238. The molecule has 0 spiro atoms. The Morgan fingerprint density at radius 2 is 1.96 bits per heavy atom. The third kappa shape index (κ3) is 6.34. The second kappa shape index (κ2) is 10.6. The van der Waals surface area contributed by atoms with Crippen molar-refractivity contribution in [3.05, 3.63) is 54.1 Å². The number of nitrogens with one attached hydrogen (secondary N) is 1. The molecule has 0 fully saturated rings. The number of amides is 2. The van der Waals surface area contributed by atoms with E-state index >= 15 is 0 Å². The van der Waals surface area contributed by atoms with Gasteiger partial charge in [-0.1, -0.05) is 24.1 Å². The lowest BCUT2D eigenvalue weighted by atomic mass is 10.2. The van der Waals surface area contributed by atoms with E-state index in [2.05, 4.69) is 11.2 Å². The lowest BCUT2D eigenvalue weighted by Gasteiger charge is -2.22. The van der Waals surface area contributed by atoms with Crippen LogP contribution in [0.4, 0.5) is 21.0 Å². The molecule has 146 valence electrons. The van der Waals surface area contributed by atoms with Crippen LogP contribution < -0.4 is 15.0 Å². The molecule has 0 aliphatic heterocycles. The molecule has 7 heteroatoms. The number of carbonyl (C=O) groups excluding carboxylic acids is 2. The summed E-state index contributed by atoms with van der Waals surface area (Å²) in [5.74, 6) is 2.48. The molecule has 0 saturated heterocycles. The van der Waals surface area contributed by atoms with E-state index in [-0.39, 0.29) is 12.4 Å². The highest BCUT2D eigenvalue weighted by atomic mass is 16.6. The van der Waals surface area contributed by atoms with Crippen molar-refractivity contribution in [3.8, 4) is 18.1 Å². The number of hydrogen-bond donors (Lipinski definition) is 1. The average molecular weight is 382 g/mol. The number of rotatable bonds is 7. The number of hydrogen-bond acceptors (Lipinski definition) is 5. The van der Waals surface area contributed by atoms with Gasteiger partial charge in [-0.05, 0) is 36.8 Å². The van der Waals surface area contributed by atoms with Gasteiger partial charge in [0.25, 0.3) is 0 Å². The first-order chi connectivity index (χ1) is 13.5. The number of anilines is 2. The molecule has 0 aromatic heterocycles. The normalized spacial score (nSPS) is 9.89. The fourth-order valence-corrected chi connectivity index (χ4v) is 2.36. The minimum absolute atomic E-state index is 0.133. The van der Waals surface area contributed by atoms with Crippen molar-refractivity contribution in [2.24, 2.45) is 0 Å². The van der Waals surface area contributed by atoms with Crippen molar-refractivity contribution in [1.82, 2.24) is 0 Å². The standard InChI is InChI=1S/C21H22N2O5/c1-4-12-27-20(24)22-17-8-6-10-19(15-17)28-21(25)23(11-13-26-3)18-9-5-7-16(2)14-18/h1,5-10,14-15H,11-13H2,2-3H3,(H,22,24). The third-order valence-corrected chi connectivity index (χ3v) is 3.62. The molecule has 0 unspecified atom stereocenters. The number of aryl methyl sites for hydroxylation is 1. The van der Waals surface area contributed by atoms with Gasteiger partial charge in [0.05, 0.1) is 13.2 Å². The quantitative estimate of drug-likeness (QED) is 0.737. The number of nitrogens with zero attached hydrogens (tertiary/aromatic N) is 1. The Morgan fingerprint density at radius 1 is 1.18 bits per heavy atom. The smallest absolute Gasteiger partial charge is 0.419 e. The van der Waals surface area contributed by atoms with Crippen LogP contribution in [-0.2, 0) is 9.47 Å². The van der Waals surface area contributed by atoms with Crippen molar-refractivity contribution in [2.75, 3.05) is 37.1 Å². The maximum atomic E-state index is 12.7. The second-order valence-corrected chi connectivity index (χ2v) is 5.78. The zero-order valence-electron chi connectivity index (χ0n) is 15.8. The van der Waals surface area contributed by atoms with Crippen molar-refractivity contribution in [1.29, 1.82) is 0 Å². The Bertz CT molecular complexity index is 860. The molecule has 0 saturated carbocycles. The minimum atomic E-state index is -0.692. The molecule has 0 atom stereocenters. The van der Waals surface area contributed by atoms with E-state index in [1.165, 1.54) is 11.0 Å². The van der Waals surface area contributed by atoms with Crippen LogP contribution in [0.15, 0.2) is 48.5 Å². The molecule has 0 aliphatic rings. The molecule has 2 amide bonds. The Hall–Kier alpha value is -3.50. The summed E-state index contributed by atoms with van der Waals surface area (Å²) < 4.78 is 15.3. The monoisotopic (exact) mass is 382 g/mol. The second-order valence-electron chi connectivity index (χ2n) is 5.78.